The second-order valence-electron chi connectivity index (χ2n) is 5.04. The molecule has 0 aromatic heterocycles. The molecule has 0 radical (unpaired) electrons. The molecule has 1 N–H and O–H groups in total. The molecule has 4 nitrogen and oxygen atoms in total. The average Bonchev–Trinajstić information content (AvgIpc) is 2.55. The maximum atomic E-state index is 11.8. The molecule has 0 fully saturated rings. The van der Waals surface area contributed by atoms with Crippen molar-refractivity contribution in [3.05, 3.63) is 59.7 Å². The fraction of sp³-hybridized carbons (Fsp3) is 0.278. The molecule has 0 spiro atoms. The number of aryl methyl sites for hydroxylation is 1. The van der Waals surface area contributed by atoms with Gasteiger partial charge < -0.3 is 14.8 Å². The first-order valence-electron chi connectivity index (χ1n) is 7.26. The van der Waals surface area contributed by atoms with Crippen LogP contribution in [-0.2, 0) is 11.3 Å². The molecule has 0 aliphatic carbocycles. The quantitative estimate of drug-likeness (QED) is 0.854. The molecule has 4 heteroatoms. The summed E-state index contributed by atoms with van der Waals surface area (Å²) >= 11 is 0. The third-order valence-corrected chi connectivity index (χ3v) is 3.27. The van der Waals surface area contributed by atoms with Gasteiger partial charge in [0.1, 0.15) is 11.5 Å². The number of benzene rings is 2. The molecule has 0 atom stereocenters. The Bertz CT molecular complexity index is 591. The van der Waals surface area contributed by atoms with Crippen molar-refractivity contribution < 1.29 is 14.3 Å². The van der Waals surface area contributed by atoms with Crippen LogP contribution < -0.4 is 14.8 Å². The Morgan fingerprint density at radius 2 is 1.64 bits per heavy atom. The maximum Gasteiger partial charge on any atom is 0.223 e. The van der Waals surface area contributed by atoms with Gasteiger partial charge in [0, 0.05) is 6.54 Å². The number of hydrogen-bond donors (Lipinski definition) is 1. The van der Waals surface area contributed by atoms with Crippen molar-refractivity contribution in [3.63, 3.8) is 0 Å². The molecule has 2 rings (SSSR count). The summed E-state index contributed by atoms with van der Waals surface area (Å²) in [5, 5.41) is 2.87. The van der Waals surface area contributed by atoms with Crippen LogP contribution in [0.15, 0.2) is 48.5 Å². The lowest BCUT2D eigenvalue weighted by Gasteiger charge is -2.08. The number of nitrogens with one attached hydrogen (secondary N) is 1. The summed E-state index contributed by atoms with van der Waals surface area (Å²) in [6.45, 7) is 2.90. The lowest BCUT2D eigenvalue weighted by molar-refractivity contribution is -0.121. The predicted octanol–water partition coefficient (Wildman–Crippen LogP) is 3.09. The van der Waals surface area contributed by atoms with E-state index in [0.717, 1.165) is 17.1 Å². The highest BCUT2D eigenvalue weighted by Gasteiger charge is 2.02. The van der Waals surface area contributed by atoms with Gasteiger partial charge in [0.15, 0.2) is 0 Å². The Balaban J connectivity index is 1.68. The number of hydrogen-bond acceptors (Lipinski definition) is 3. The summed E-state index contributed by atoms with van der Waals surface area (Å²) in [5.41, 5.74) is 2.22. The van der Waals surface area contributed by atoms with Gasteiger partial charge >= 0.3 is 0 Å². The molecule has 22 heavy (non-hydrogen) atoms. The highest BCUT2D eigenvalue weighted by molar-refractivity contribution is 5.76. The number of rotatable bonds is 7. The Morgan fingerprint density at radius 1 is 1.00 bits per heavy atom. The first-order valence-corrected chi connectivity index (χ1v) is 7.26. The Kier molecular flexibility index (Phi) is 5.83. The van der Waals surface area contributed by atoms with E-state index in [4.69, 9.17) is 9.47 Å². The predicted molar refractivity (Wildman–Crippen MR) is 86.1 cm³/mol. The summed E-state index contributed by atoms with van der Waals surface area (Å²) in [6.07, 6.45) is 0.337. The molecular formula is C18H21NO3. The molecule has 1 amide bonds. The second kappa shape index (κ2) is 8.08. The Hall–Kier alpha value is -2.49. The first-order chi connectivity index (χ1) is 10.7. The summed E-state index contributed by atoms with van der Waals surface area (Å²) in [5.74, 6) is 1.57. The number of ether oxygens (including phenoxy) is 2. The van der Waals surface area contributed by atoms with Crippen LogP contribution in [0.25, 0.3) is 0 Å². The topological polar surface area (TPSA) is 47.6 Å². The van der Waals surface area contributed by atoms with Gasteiger partial charge in [0.05, 0.1) is 20.1 Å². The van der Waals surface area contributed by atoms with Crippen LogP contribution in [0.3, 0.4) is 0 Å². The molecule has 0 aliphatic heterocycles. The van der Waals surface area contributed by atoms with E-state index in [-0.39, 0.29) is 5.91 Å². The molecule has 2 aromatic carbocycles. The maximum absolute atomic E-state index is 11.8. The SMILES string of the molecule is COc1ccc(CNC(=O)CCOc2ccc(C)cc2)cc1. The van der Waals surface area contributed by atoms with Crippen LogP contribution in [-0.4, -0.2) is 19.6 Å². The zero-order valence-electron chi connectivity index (χ0n) is 13.0. The molecule has 0 heterocycles. The van der Waals surface area contributed by atoms with Crippen LogP contribution in [0.4, 0.5) is 0 Å². The Morgan fingerprint density at radius 3 is 2.27 bits per heavy atom. The van der Waals surface area contributed by atoms with Crippen molar-refractivity contribution in [2.45, 2.75) is 19.9 Å². The molecule has 0 aliphatic rings. The molecule has 0 saturated carbocycles. The molecule has 0 saturated heterocycles. The highest BCUT2D eigenvalue weighted by Crippen LogP contribution is 2.12. The van der Waals surface area contributed by atoms with Gasteiger partial charge in [-0.1, -0.05) is 29.8 Å². The van der Waals surface area contributed by atoms with E-state index in [1.807, 2.05) is 55.5 Å². The molecule has 2 aromatic rings. The number of amides is 1. The normalized spacial score (nSPS) is 10.1. The summed E-state index contributed by atoms with van der Waals surface area (Å²) in [7, 11) is 1.63. The number of carbonyl (C=O) groups excluding carboxylic acids is 1. The molecule has 116 valence electrons. The molecular weight excluding hydrogens is 278 g/mol. The van der Waals surface area contributed by atoms with Gasteiger partial charge in [-0.25, -0.2) is 0 Å². The fourth-order valence-electron chi connectivity index (χ4n) is 1.93. The lowest BCUT2D eigenvalue weighted by Crippen LogP contribution is -2.24. The summed E-state index contributed by atoms with van der Waals surface area (Å²) in [6, 6.07) is 15.4. The van der Waals surface area contributed by atoms with Gasteiger partial charge in [-0.2, -0.15) is 0 Å². The third-order valence-electron chi connectivity index (χ3n) is 3.27. The van der Waals surface area contributed by atoms with Crippen LogP contribution in [0.1, 0.15) is 17.5 Å². The minimum Gasteiger partial charge on any atom is -0.497 e. The molecule has 0 unspecified atom stereocenters. The molecule has 0 bridgehead atoms. The van der Waals surface area contributed by atoms with E-state index in [1.165, 1.54) is 5.56 Å². The minimum atomic E-state index is -0.0251. The first kappa shape index (κ1) is 15.9. The van der Waals surface area contributed by atoms with Gasteiger partial charge in [0.2, 0.25) is 5.91 Å². The van der Waals surface area contributed by atoms with Crippen molar-refractivity contribution in [2.75, 3.05) is 13.7 Å². The van der Waals surface area contributed by atoms with E-state index in [0.29, 0.717) is 19.6 Å². The van der Waals surface area contributed by atoms with Gasteiger partial charge in [-0.15, -0.1) is 0 Å². The van der Waals surface area contributed by atoms with Gasteiger partial charge in [0.25, 0.3) is 0 Å². The van der Waals surface area contributed by atoms with E-state index >= 15 is 0 Å². The van der Waals surface area contributed by atoms with Gasteiger partial charge in [-0.3, -0.25) is 4.79 Å². The highest BCUT2D eigenvalue weighted by atomic mass is 16.5. The number of methoxy groups -OCH3 is 1. The average molecular weight is 299 g/mol. The van der Waals surface area contributed by atoms with Crippen molar-refractivity contribution in [3.8, 4) is 11.5 Å². The van der Waals surface area contributed by atoms with E-state index < -0.39 is 0 Å². The zero-order valence-corrected chi connectivity index (χ0v) is 13.0. The summed E-state index contributed by atoms with van der Waals surface area (Å²) < 4.78 is 10.6. The zero-order chi connectivity index (χ0) is 15.8. The van der Waals surface area contributed by atoms with E-state index in [9.17, 15) is 4.79 Å². The fourth-order valence-corrected chi connectivity index (χ4v) is 1.93. The van der Waals surface area contributed by atoms with Crippen molar-refractivity contribution >= 4 is 5.91 Å². The Labute approximate surface area is 131 Å². The lowest BCUT2D eigenvalue weighted by atomic mass is 10.2. The monoisotopic (exact) mass is 299 g/mol. The second-order valence-corrected chi connectivity index (χ2v) is 5.04. The van der Waals surface area contributed by atoms with Crippen molar-refractivity contribution in [1.29, 1.82) is 0 Å². The van der Waals surface area contributed by atoms with E-state index in [2.05, 4.69) is 5.32 Å². The van der Waals surface area contributed by atoms with E-state index in [1.54, 1.807) is 7.11 Å². The third kappa shape index (κ3) is 5.13. The van der Waals surface area contributed by atoms with Crippen LogP contribution in [0.5, 0.6) is 11.5 Å². The number of carbonyl (C=O) groups is 1. The standard InChI is InChI=1S/C18H21NO3/c1-14-3-7-17(8-4-14)22-12-11-18(20)19-13-15-5-9-16(21-2)10-6-15/h3-10H,11-13H2,1-2H3,(H,19,20). The summed E-state index contributed by atoms with van der Waals surface area (Å²) in [4.78, 5) is 11.8. The van der Waals surface area contributed by atoms with Crippen LogP contribution in [0, 0.1) is 6.92 Å². The largest absolute Gasteiger partial charge is 0.497 e. The van der Waals surface area contributed by atoms with Crippen LogP contribution >= 0.6 is 0 Å². The smallest absolute Gasteiger partial charge is 0.223 e. The van der Waals surface area contributed by atoms with Crippen molar-refractivity contribution in [1.82, 2.24) is 5.32 Å². The minimum absolute atomic E-state index is 0.0251. The van der Waals surface area contributed by atoms with Crippen LogP contribution in [0.2, 0.25) is 0 Å². The van der Waals surface area contributed by atoms with Crippen molar-refractivity contribution in [2.24, 2.45) is 0 Å². The van der Waals surface area contributed by atoms with Gasteiger partial charge in [-0.05, 0) is 36.8 Å².